The van der Waals surface area contributed by atoms with Gasteiger partial charge in [0.05, 0.1) is 21.3 Å². The molecule has 2 aromatic rings. The van der Waals surface area contributed by atoms with Gasteiger partial charge in [0.15, 0.2) is 0 Å². The highest BCUT2D eigenvalue weighted by Crippen LogP contribution is 2.24. The van der Waals surface area contributed by atoms with Crippen molar-refractivity contribution in [1.82, 2.24) is 0 Å². The van der Waals surface area contributed by atoms with Gasteiger partial charge in [-0.1, -0.05) is 24.3 Å². The van der Waals surface area contributed by atoms with Crippen molar-refractivity contribution < 1.29 is 14.2 Å². The molecule has 2 aromatic carbocycles. The molecule has 0 amide bonds. The molecular formula is C17H18O3. The van der Waals surface area contributed by atoms with Crippen LogP contribution in [0.2, 0.25) is 0 Å². The summed E-state index contributed by atoms with van der Waals surface area (Å²) < 4.78 is 15.6. The van der Waals surface area contributed by atoms with Crippen LogP contribution in [0.4, 0.5) is 0 Å². The van der Waals surface area contributed by atoms with Crippen LogP contribution in [0.15, 0.2) is 42.5 Å². The summed E-state index contributed by atoms with van der Waals surface area (Å²) in [7, 11) is 4.95. The summed E-state index contributed by atoms with van der Waals surface area (Å²) >= 11 is 0. The zero-order chi connectivity index (χ0) is 14.4. The Bertz CT molecular complexity index is 563. The van der Waals surface area contributed by atoms with Crippen molar-refractivity contribution >= 4 is 12.2 Å². The molecule has 0 saturated heterocycles. The molecule has 2 rings (SSSR count). The molecule has 3 nitrogen and oxygen atoms in total. The third-order valence-corrected chi connectivity index (χ3v) is 2.96. The van der Waals surface area contributed by atoms with E-state index >= 15 is 0 Å². The van der Waals surface area contributed by atoms with Crippen LogP contribution in [0.5, 0.6) is 17.2 Å². The van der Waals surface area contributed by atoms with Crippen molar-refractivity contribution in [3.63, 3.8) is 0 Å². The minimum absolute atomic E-state index is 0.777. The standard InChI is InChI=1S/C17H18O3/c1-18-15-8-6-13(7-9-15)4-5-14-10-16(19-2)12-17(11-14)20-3/h4-12H,1-3H3/b5-4+/i6+1,7+1,8+1,9+1,13+1,15+1. The molecule has 0 saturated carbocycles. The number of rotatable bonds is 5. The first-order valence-corrected chi connectivity index (χ1v) is 6.30. The number of benzene rings is 2. The van der Waals surface area contributed by atoms with Crippen LogP contribution in [0.1, 0.15) is 11.1 Å². The highest BCUT2D eigenvalue weighted by atomic mass is 16.5. The smallest absolute Gasteiger partial charge is 0.123 e. The molecule has 0 spiro atoms. The Hall–Kier alpha value is -2.42. The predicted molar refractivity (Wildman–Crippen MR) is 81.5 cm³/mol. The highest BCUT2D eigenvalue weighted by molar-refractivity contribution is 5.71. The maximum absolute atomic E-state index is 5.25. The molecule has 0 radical (unpaired) electrons. The molecular weight excluding hydrogens is 258 g/mol. The predicted octanol–water partition coefficient (Wildman–Crippen LogP) is 3.88. The molecule has 0 aliphatic carbocycles. The maximum Gasteiger partial charge on any atom is 0.123 e. The van der Waals surface area contributed by atoms with Gasteiger partial charge < -0.3 is 14.2 Å². The third kappa shape index (κ3) is 3.54. The lowest BCUT2D eigenvalue weighted by atomic mass is 10.2. The zero-order valence-electron chi connectivity index (χ0n) is 11.9. The number of hydrogen-bond acceptors (Lipinski definition) is 3. The second-order valence-corrected chi connectivity index (χ2v) is 4.25. The van der Waals surface area contributed by atoms with E-state index in [2.05, 4.69) is 0 Å². The summed E-state index contributed by atoms with van der Waals surface area (Å²) in [5, 5.41) is 0. The third-order valence-electron chi connectivity index (χ3n) is 2.96. The zero-order valence-corrected chi connectivity index (χ0v) is 11.9. The van der Waals surface area contributed by atoms with Gasteiger partial charge in [0, 0.05) is 6.07 Å². The normalized spacial score (nSPS) is 10.6. The lowest BCUT2D eigenvalue weighted by Crippen LogP contribution is -1.88. The molecule has 0 heterocycles. The summed E-state index contributed by atoms with van der Waals surface area (Å²) in [5.74, 6) is 2.41. The molecule has 3 heteroatoms. The summed E-state index contributed by atoms with van der Waals surface area (Å²) in [5.41, 5.74) is 2.13. The van der Waals surface area contributed by atoms with Crippen molar-refractivity contribution in [3.8, 4) is 17.2 Å². The Morgan fingerprint density at radius 3 is 1.60 bits per heavy atom. The monoisotopic (exact) mass is 276 g/mol. The van der Waals surface area contributed by atoms with Crippen LogP contribution in [-0.2, 0) is 0 Å². The Morgan fingerprint density at radius 1 is 0.600 bits per heavy atom. The Labute approximate surface area is 119 Å². The van der Waals surface area contributed by atoms with E-state index in [0.717, 1.165) is 28.4 Å². The SMILES string of the molecule is COc1cc(/C=C/[13c]2[13cH][13cH][13c](OC)[13cH][13cH]2)cc(OC)c1. The second kappa shape index (κ2) is 6.66. The topological polar surface area (TPSA) is 27.7 Å². The minimum atomic E-state index is 0.777. The second-order valence-electron chi connectivity index (χ2n) is 4.25. The van der Waals surface area contributed by atoms with Gasteiger partial charge in [0.25, 0.3) is 0 Å². The van der Waals surface area contributed by atoms with Crippen molar-refractivity contribution in [3.05, 3.63) is 53.6 Å². The first kappa shape index (κ1) is 14.0. The minimum Gasteiger partial charge on any atom is -0.497 e. The van der Waals surface area contributed by atoms with Gasteiger partial charge in [-0.05, 0) is 35.4 Å². The van der Waals surface area contributed by atoms with Gasteiger partial charge >= 0.3 is 0 Å². The average molecular weight is 276 g/mol. The molecule has 20 heavy (non-hydrogen) atoms. The fourth-order valence-corrected chi connectivity index (χ4v) is 1.83. The summed E-state index contributed by atoms with van der Waals surface area (Å²) in [6.45, 7) is 0. The fraction of sp³-hybridized carbons (Fsp3) is 0.176. The van der Waals surface area contributed by atoms with Gasteiger partial charge in [0.2, 0.25) is 0 Å². The number of hydrogen-bond donors (Lipinski definition) is 0. The van der Waals surface area contributed by atoms with E-state index in [1.54, 1.807) is 21.3 Å². The summed E-state index contributed by atoms with van der Waals surface area (Å²) in [4.78, 5) is 0. The van der Waals surface area contributed by atoms with Crippen LogP contribution in [-0.4, -0.2) is 21.3 Å². The molecule has 0 bridgehead atoms. The van der Waals surface area contributed by atoms with E-state index in [1.807, 2.05) is 54.6 Å². The summed E-state index contributed by atoms with van der Waals surface area (Å²) in [6.07, 6.45) is 4.06. The van der Waals surface area contributed by atoms with Gasteiger partial charge in [-0.25, -0.2) is 0 Å². The summed E-state index contributed by atoms with van der Waals surface area (Å²) in [6, 6.07) is 13.7. The van der Waals surface area contributed by atoms with E-state index in [-0.39, 0.29) is 0 Å². The Kier molecular flexibility index (Phi) is 4.66. The quantitative estimate of drug-likeness (QED) is 0.776. The first-order chi connectivity index (χ1) is 9.75. The molecule has 0 unspecified atom stereocenters. The maximum atomic E-state index is 5.25. The van der Waals surface area contributed by atoms with E-state index in [4.69, 9.17) is 14.2 Å². The van der Waals surface area contributed by atoms with Crippen LogP contribution in [0, 0.1) is 0 Å². The van der Waals surface area contributed by atoms with E-state index in [9.17, 15) is 0 Å². The molecule has 0 aromatic heterocycles. The van der Waals surface area contributed by atoms with E-state index in [0.29, 0.717) is 0 Å². The van der Waals surface area contributed by atoms with Gasteiger partial charge in [-0.3, -0.25) is 0 Å². The highest BCUT2D eigenvalue weighted by Gasteiger charge is 1.99. The van der Waals surface area contributed by atoms with Crippen LogP contribution in [0.25, 0.3) is 12.2 Å². The van der Waals surface area contributed by atoms with Crippen molar-refractivity contribution in [1.29, 1.82) is 0 Å². The molecule has 0 fully saturated rings. The molecule has 0 aliphatic rings. The molecule has 104 valence electrons. The molecule has 0 N–H and O–H groups in total. The van der Waals surface area contributed by atoms with Crippen LogP contribution in [0.3, 0.4) is 0 Å². The largest absolute Gasteiger partial charge is 0.497 e. The van der Waals surface area contributed by atoms with Gasteiger partial charge in [-0.15, -0.1) is 0 Å². The van der Waals surface area contributed by atoms with Crippen LogP contribution < -0.4 is 14.2 Å². The molecule has 0 aliphatic heterocycles. The van der Waals surface area contributed by atoms with Gasteiger partial charge in [-0.2, -0.15) is 0 Å². The average Bonchev–Trinajstić information content (AvgIpc) is 2.53. The van der Waals surface area contributed by atoms with E-state index in [1.165, 1.54) is 0 Å². The molecule has 0 atom stereocenters. The lowest BCUT2D eigenvalue weighted by Gasteiger charge is -2.05. The van der Waals surface area contributed by atoms with Crippen molar-refractivity contribution in [2.75, 3.05) is 21.3 Å². The van der Waals surface area contributed by atoms with Crippen LogP contribution >= 0.6 is 0 Å². The first-order valence-electron chi connectivity index (χ1n) is 6.30. The number of methoxy groups -OCH3 is 3. The lowest BCUT2D eigenvalue weighted by molar-refractivity contribution is 0.394. The van der Waals surface area contributed by atoms with E-state index < -0.39 is 0 Å². The van der Waals surface area contributed by atoms with Gasteiger partial charge in [0.1, 0.15) is 17.2 Å². The van der Waals surface area contributed by atoms with Crippen molar-refractivity contribution in [2.24, 2.45) is 0 Å². The Balaban J connectivity index is 2.21. The Morgan fingerprint density at radius 2 is 1.10 bits per heavy atom. The number of ether oxygens (including phenoxy) is 3. The van der Waals surface area contributed by atoms with Crippen molar-refractivity contribution in [2.45, 2.75) is 0 Å². The fourth-order valence-electron chi connectivity index (χ4n) is 1.83.